The van der Waals surface area contributed by atoms with Crippen LogP contribution in [-0.2, 0) is 0 Å². The van der Waals surface area contributed by atoms with Crippen LogP contribution in [0, 0.1) is 6.92 Å². The Kier molecular flexibility index (Phi) is 8.32. The molecule has 1 unspecified atom stereocenters. The molecule has 0 saturated carbocycles. The quantitative estimate of drug-likeness (QED) is 0.564. The van der Waals surface area contributed by atoms with E-state index in [1.165, 1.54) is 14.2 Å². The van der Waals surface area contributed by atoms with Crippen LogP contribution in [0.5, 0.6) is 23.0 Å². The van der Waals surface area contributed by atoms with E-state index in [1.807, 2.05) is 25.1 Å². The van der Waals surface area contributed by atoms with Crippen LogP contribution in [0.3, 0.4) is 0 Å². The zero-order valence-electron chi connectivity index (χ0n) is 14.4. The van der Waals surface area contributed by atoms with Gasteiger partial charge in [-0.05, 0) is 38.5 Å². The molecule has 0 radical (unpaired) electrons. The molecular weight excluding hydrogens is 334 g/mol. The molecule has 130 valence electrons. The third kappa shape index (κ3) is 4.92. The van der Waals surface area contributed by atoms with Crippen LogP contribution in [0.15, 0.2) is 30.3 Å². The van der Waals surface area contributed by atoms with E-state index in [9.17, 15) is 4.79 Å². The Bertz CT molecular complexity index is 723. The van der Waals surface area contributed by atoms with Crippen molar-refractivity contribution in [1.82, 2.24) is 0 Å². The summed E-state index contributed by atoms with van der Waals surface area (Å²) >= 11 is 0. The first-order chi connectivity index (χ1) is 11.5. The third-order valence-electron chi connectivity index (χ3n) is 3.62. The van der Waals surface area contributed by atoms with E-state index < -0.39 is 0 Å². The Labute approximate surface area is 162 Å². The predicted octanol–water partition coefficient (Wildman–Crippen LogP) is 2.53. The molecule has 0 saturated heterocycles. The molecule has 2 rings (SSSR count). The van der Waals surface area contributed by atoms with E-state index in [4.69, 9.17) is 18.9 Å². The minimum absolute atomic E-state index is 0. The van der Waals surface area contributed by atoms with Crippen LogP contribution in [0.25, 0.3) is 0 Å². The van der Waals surface area contributed by atoms with E-state index in [0.29, 0.717) is 22.8 Å². The maximum atomic E-state index is 12.9. The first-order valence-corrected chi connectivity index (χ1v) is 8.30. The van der Waals surface area contributed by atoms with Gasteiger partial charge in [0.1, 0.15) is 28.6 Å². The number of carbonyl (C=O) groups is 1. The average Bonchev–Trinajstić information content (AvgIpc) is 2.61. The zero-order valence-corrected chi connectivity index (χ0v) is 15.4. The molecule has 2 aromatic rings. The van der Waals surface area contributed by atoms with Crippen molar-refractivity contribution in [3.8, 4) is 23.0 Å². The van der Waals surface area contributed by atoms with E-state index in [0.717, 1.165) is 16.6 Å². The molecule has 0 aromatic heterocycles. The SMILES string of the molecule is COc1ccc(PC(=O)c2c(OC)cc(OC)cc2OC)c(C)c1.[LiH]. The number of methoxy groups -OCH3 is 4. The number of hydrogen-bond acceptors (Lipinski definition) is 5. The minimum atomic E-state index is -0.0559. The molecule has 5 nitrogen and oxygen atoms in total. The van der Waals surface area contributed by atoms with Crippen molar-refractivity contribution in [2.24, 2.45) is 0 Å². The van der Waals surface area contributed by atoms with Crippen molar-refractivity contribution in [3.63, 3.8) is 0 Å². The predicted molar refractivity (Wildman–Crippen MR) is 103 cm³/mol. The van der Waals surface area contributed by atoms with Crippen LogP contribution in [0.4, 0.5) is 0 Å². The maximum absolute atomic E-state index is 12.9. The number of rotatable bonds is 7. The van der Waals surface area contributed by atoms with Gasteiger partial charge in [-0.3, -0.25) is 4.79 Å². The number of carbonyl (C=O) groups excluding carboxylic acids is 1. The second kappa shape index (κ2) is 9.73. The van der Waals surface area contributed by atoms with Gasteiger partial charge in [-0.15, -0.1) is 0 Å². The second-order valence-electron chi connectivity index (χ2n) is 5.04. The molecule has 0 amide bonds. The summed E-state index contributed by atoms with van der Waals surface area (Å²) in [6, 6.07) is 9.04. The fourth-order valence-electron chi connectivity index (χ4n) is 2.32. The molecule has 1 atom stereocenters. The number of aryl methyl sites for hydroxylation is 1. The average molecular weight is 356 g/mol. The van der Waals surface area contributed by atoms with Gasteiger partial charge in [-0.2, -0.15) is 0 Å². The molecular formula is C18H22LiO5P. The summed E-state index contributed by atoms with van der Waals surface area (Å²) < 4.78 is 21.1. The first kappa shape index (κ1) is 21.4. The van der Waals surface area contributed by atoms with Gasteiger partial charge in [0.05, 0.1) is 28.4 Å². The summed E-state index contributed by atoms with van der Waals surface area (Å²) in [6.07, 6.45) is 0. The van der Waals surface area contributed by atoms with Crippen molar-refractivity contribution in [2.75, 3.05) is 28.4 Å². The molecule has 0 aliphatic rings. The van der Waals surface area contributed by atoms with Gasteiger partial charge in [0.2, 0.25) is 0 Å². The van der Waals surface area contributed by atoms with Crippen molar-refractivity contribution in [3.05, 3.63) is 41.5 Å². The molecule has 7 heteroatoms. The summed E-state index contributed by atoms with van der Waals surface area (Å²) in [6.45, 7) is 1.96. The summed E-state index contributed by atoms with van der Waals surface area (Å²) in [4.78, 5) is 12.9. The summed E-state index contributed by atoms with van der Waals surface area (Å²) in [7, 11) is 6.17. The Morgan fingerprint density at radius 2 is 1.40 bits per heavy atom. The molecule has 0 bridgehead atoms. The number of ether oxygens (including phenoxy) is 4. The van der Waals surface area contributed by atoms with Crippen molar-refractivity contribution < 1.29 is 23.7 Å². The summed E-state index contributed by atoms with van der Waals surface area (Å²) in [5.41, 5.74) is 1.38. The van der Waals surface area contributed by atoms with Crippen molar-refractivity contribution in [1.29, 1.82) is 0 Å². The van der Waals surface area contributed by atoms with E-state index >= 15 is 0 Å². The molecule has 2 aromatic carbocycles. The normalized spacial score (nSPS) is 10.3. The van der Waals surface area contributed by atoms with Crippen molar-refractivity contribution in [2.45, 2.75) is 6.92 Å². The van der Waals surface area contributed by atoms with E-state index in [-0.39, 0.29) is 33.0 Å². The van der Waals surface area contributed by atoms with Gasteiger partial charge in [-0.25, -0.2) is 0 Å². The Morgan fingerprint density at radius 1 is 0.840 bits per heavy atom. The van der Waals surface area contributed by atoms with Gasteiger partial charge >= 0.3 is 18.9 Å². The Hall–Kier alpha value is -1.66. The third-order valence-corrected chi connectivity index (χ3v) is 4.93. The van der Waals surface area contributed by atoms with E-state index in [1.54, 1.807) is 26.4 Å². The van der Waals surface area contributed by atoms with Gasteiger partial charge in [0.15, 0.2) is 5.52 Å². The number of hydrogen-bond donors (Lipinski definition) is 0. The zero-order chi connectivity index (χ0) is 17.7. The molecule has 0 N–H and O–H groups in total. The standard InChI is InChI=1S/C18H21O5P.Li.H/c1-11-8-12(20-2)6-7-16(11)24-18(19)17-14(22-4)9-13(21-3)10-15(17)23-5;;/h6-10,24H,1-5H3;;. The second-order valence-corrected chi connectivity index (χ2v) is 6.28. The topological polar surface area (TPSA) is 54.0 Å². The molecule has 25 heavy (non-hydrogen) atoms. The fourth-order valence-corrected chi connectivity index (χ4v) is 3.37. The monoisotopic (exact) mass is 356 g/mol. The van der Waals surface area contributed by atoms with E-state index in [2.05, 4.69) is 0 Å². The number of benzene rings is 2. The van der Waals surface area contributed by atoms with Gasteiger partial charge in [0.25, 0.3) is 0 Å². The van der Waals surface area contributed by atoms with Crippen molar-refractivity contribution >= 4 is 38.3 Å². The van der Waals surface area contributed by atoms with Crippen LogP contribution in [-0.4, -0.2) is 52.8 Å². The first-order valence-electron chi connectivity index (χ1n) is 7.30. The van der Waals surface area contributed by atoms with Gasteiger partial charge < -0.3 is 18.9 Å². The molecule has 0 fully saturated rings. The van der Waals surface area contributed by atoms with Crippen LogP contribution < -0.4 is 24.3 Å². The van der Waals surface area contributed by atoms with Gasteiger partial charge in [0, 0.05) is 12.1 Å². The van der Waals surface area contributed by atoms with Crippen LogP contribution >= 0.6 is 8.58 Å². The Morgan fingerprint density at radius 3 is 1.84 bits per heavy atom. The molecule has 0 heterocycles. The molecule has 0 aliphatic carbocycles. The molecule has 0 spiro atoms. The van der Waals surface area contributed by atoms with Gasteiger partial charge in [-0.1, -0.05) is 6.07 Å². The summed E-state index contributed by atoms with van der Waals surface area (Å²) in [5, 5.41) is 0.959. The summed E-state index contributed by atoms with van der Waals surface area (Å²) in [5.74, 6) is 2.22. The van der Waals surface area contributed by atoms with Crippen LogP contribution in [0.2, 0.25) is 0 Å². The molecule has 0 aliphatic heterocycles. The van der Waals surface area contributed by atoms with Crippen LogP contribution in [0.1, 0.15) is 15.9 Å². The fraction of sp³-hybridized carbons (Fsp3) is 0.278. The Balaban J connectivity index is 0.00000312.